The van der Waals surface area contributed by atoms with Gasteiger partial charge in [-0.15, -0.1) is 0 Å². The monoisotopic (exact) mass is 206 g/mol. The van der Waals surface area contributed by atoms with Crippen LogP contribution in [0, 0.1) is 40.4 Å². The maximum absolute atomic E-state index is 11.8. The fourth-order valence-corrected chi connectivity index (χ4v) is 2.11. The van der Waals surface area contributed by atoms with Gasteiger partial charge in [0.05, 0.1) is 30.3 Å². The van der Waals surface area contributed by atoms with Crippen molar-refractivity contribution in [1.29, 1.82) is 10.5 Å². The predicted octanol–water partition coefficient (Wildman–Crippen LogP) is 1.28. The van der Waals surface area contributed by atoms with Crippen LogP contribution in [-0.2, 0) is 9.53 Å². The molecule has 0 bridgehead atoms. The van der Waals surface area contributed by atoms with E-state index in [1.807, 2.05) is 20.8 Å². The maximum atomic E-state index is 11.8. The Morgan fingerprint density at radius 1 is 1.20 bits per heavy atom. The average molecular weight is 206 g/mol. The molecule has 4 nitrogen and oxygen atoms in total. The van der Waals surface area contributed by atoms with E-state index in [-0.39, 0.29) is 29.8 Å². The van der Waals surface area contributed by atoms with Crippen molar-refractivity contribution >= 4 is 5.78 Å². The lowest BCUT2D eigenvalue weighted by molar-refractivity contribution is -0.126. The number of nitrogens with zero attached hydrogens (tertiary/aromatic N) is 2. The number of ether oxygens (including phenoxy) is 1. The zero-order valence-electron chi connectivity index (χ0n) is 9.10. The summed E-state index contributed by atoms with van der Waals surface area (Å²) in [4.78, 5) is 11.8. The number of nitriles is 2. The van der Waals surface area contributed by atoms with Crippen molar-refractivity contribution < 1.29 is 9.53 Å². The summed E-state index contributed by atoms with van der Waals surface area (Å²) in [5, 5.41) is 17.3. The molecule has 0 aromatic carbocycles. The second-order valence-electron chi connectivity index (χ2n) is 4.02. The second kappa shape index (κ2) is 4.42. The molecule has 0 aliphatic carbocycles. The molecule has 0 aromatic rings. The van der Waals surface area contributed by atoms with Crippen LogP contribution in [0.5, 0.6) is 0 Å². The van der Waals surface area contributed by atoms with Crippen LogP contribution in [0.25, 0.3) is 0 Å². The molecule has 1 fully saturated rings. The van der Waals surface area contributed by atoms with E-state index in [0.29, 0.717) is 0 Å². The molecule has 1 aliphatic rings. The van der Waals surface area contributed by atoms with Crippen molar-refractivity contribution in [2.75, 3.05) is 0 Å². The molecule has 1 heterocycles. The van der Waals surface area contributed by atoms with Gasteiger partial charge in [0.2, 0.25) is 0 Å². The largest absolute Gasteiger partial charge is 0.375 e. The summed E-state index contributed by atoms with van der Waals surface area (Å²) < 4.78 is 5.51. The van der Waals surface area contributed by atoms with Gasteiger partial charge in [0.1, 0.15) is 0 Å². The van der Waals surface area contributed by atoms with Gasteiger partial charge >= 0.3 is 0 Å². The van der Waals surface area contributed by atoms with Crippen LogP contribution in [0.2, 0.25) is 0 Å². The van der Waals surface area contributed by atoms with Gasteiger partial charge in [0.25, 0.3) is 0 Å². The lowest BCUT2D eigenvalue weighted by Crippen LogP contribution is -2.31. The number of hydrogen-bond donors (Lipinski definition) is 0. The van der Waals surface area contributed by atoms with Gasteiger partial charge in [-0.05, 0) is 19.8 Å². The van der Waals surface area contributed by atoms with Crippen molar-refractivity contribution in [3.63, 3.8) is 0 Å². The van der Waals surface area contributed by atoms with E-state index in [9.17, 15) is 4.79 Å². The first-order valence-corrected chi connectivity index (χ1v) is 5.01. The molecule has 0 spiro atoms. The number of rotatable bonds is 2. The molecular weight excluding hydrogens is 192 g/mol. The summed E-state index contributed by atoms with van der Waals surface area (Å²) in [6.45, 7) is 5.64. The number of ketones is 1. The van der Waals surface area contributed by atoms with E-state index < -0.39 is 5.92 Å². The first-order chi connectivity index (χ1) is 7.02. The zero-order valence-corrected chi connectivity index (χ0v) is 9.10. The Kier molecular flexibility index (Phi) is 3.44. The lowest BCUT2D eigenvalue weighted by Gasteiger charge is -2.16. The molecule has 0 N–H and O–H groups in total. The Balaban J connectivity index is 2.86. The highest BCUT2D eigenvalue weighted by Gasteiger charge is 2.43. The van der Waals surface area contributed by atoms with Crippen LogP contribution in [0.15, 0.2) is 0 Å². The average Bonchev–Trinajstić information content (AvgIpc) is 2.43. The minimum atomic E-state index is -1.16. The smallest absolute Gasteiger partial charge is 0.191 e. The van der Waals surface area contributed by atoms with Crippen LogP contribution < -0.4 is 0 Å². The van der Waals surface area contributed by atoms with Crippen LogP contribution in [0.4, 0.5) is 0 Å². The molecule has 4 unspecified atom stereocenters. The zero-order chi connectivity index (χ0) is 11.6. The van der Waals surface area contributed by atoms with E-state index in [1.165, 1.54) is 0 Å². The number of carbonyl (C=O) groups is 1. The topological polar surface area (TPSA) is 73.9 Å². The lowest BCUT2D eigenvalue weighted by atomic mass is 9.82. The molecule has 0 saturated carbocycles. The van der Waals surface area contributed by atoms with Crippen molar-refractivity contribution in [1.82, 2.24) is 0 Å². The molecule has 0 aromatic heterocycles. The summed E-state index contributed by atoms with van der Waals surface area (Å²) in [6, 6.07) is 3.44. The molecular formula is C11H14N2O2. The molecule has 1 aliphatic heterocycles. The third-order valence-corrected chi connectivity index (χ3v) is 3.11. The van der Waals surface area contributed by atoms with Crippen molar-refractivity contribution in [3.05, 3.63) is 0 Å². The van der Waals surface area contributed by atoms with Crippen molar-refractivity contribution in [2.24, 2.45) is 17.8 Å². The fourth-order valence-electron chi connectivity index (χ4n) is 2.11. The third-order valence-electron chi connectivity index (χ3n) is 3.11. The van der Waals surface area contributed by atoms with E-state index in [2.05, 4.69) is 0 Å². The van der Waals surface area contributed by atoms with Crippen molar-refractivity contribution in [2.45, 2.75) is 33.0 Å². The first-order valence-electron chi connectivity index (χ1n) is 5.01. The summed E-state index contributed by atoms with van der Waals surface area (Å²) in [5.74, 6) is -1.72. The van der Waals surface area contributed by atoms with E-state index >= 15 is 0 Å². The summed E-state index contributed by atoms with van der Waals surface area (Å²) in [5.41, 5.74) is 0. The third kappa shape index (κ3) is 2.00. The molecule has 4 atom stereocenters. The molecule has 4 heteroatoms. The molecule has 15 heavy (non-hydrogen) atoms. The fraction of sp³-hybridized carbons (Fsp3) is 0.727. The molecule has 0 amide bonds. The van der Waals surface area contributed by atoms with Gasteiger partial charge in [-0.2, -0.15) is 10.5 Å². The van der Waals surface area contributed by atoms with Gasteiger partial charge in [0, 0.05) is 0 Å². The Labute approximate surface area is 89.4 Å². The van der Waals surface area contributed by atoms with Gasteiger partial charge in [0.15, 0.2) is 11.7 Å². The molecule has 0 radical (unpaired) electrons. The number of Topliss-reactive ketones (excluding diaryl/α,β-unsaturated/α-hetero) is 1. The Bertz CT molecular complexity index is 325. The Morgan fingerprint density at radius 2 is 1.73 bits per heavy atom. The molecule has 1 saturated heterocycles. The van der Waals surface area contributed by atoms with Gasteiger partial charge in [-0.3, -0.25) is 4.79 Å². The van der Waals surface area contributed by atoms with Gasteiger partial charge in [-0.1, -0.05) is 6.92 Å². The van der Waals surface area contributed by atoms with Crippen LogP contribution in [0.3, 0.4) is 0 Å². The SMILES string of the molecule is CC1OC(C)C(C(=O)C(C#N)C#N)C1C. The first kappa shape index (κ1) is 11.7. The van der Waals surface area contributed by atoms with E-state index in [0.717, 1.165) is 0 Å². The highest BCUT2D eigenvalue weighted by molar-refractivity contribution is 5.88. The highest BCUT2D eigenvalue weighted by Crippen LogP contribution is 2.34. The van der Waals surface area contributed by atoms with Crippen LogP contribution >= 0.6 is 0 Å². The highest BCUT2D eigenvalue weighted by atomic mass is 16.5. The Morgan fingerprint density at radius 3 is 2.07 bits per heavy atom. The van der Waals surface area contributed by atoms with Crippen LogP contribution in [-0.4, -0.2) is 18.0 Å². The van der Waals surface area contributed by atoms with E-state index in [1.54, 1.807) is 12.1 Å². The quantitative estimate of drug-likeness (QED) is 0.682. The molecule has 80 valence electrons. The predicted molar refractivity (Wildman–Crippen MR) is 52.4 cm³/mol. The van der Waals surface area contributed by atoms with Gasteiger partial charge in [-0.25, -0.2) is 0 Å². The summed E-state index contributed by atoms with van der Waals surface area (Å²) >= 11 is 0. The van der Waals surface area contributed by atoms with Crippen molar-refractivity contribution in [3.8, 4) is 12.1 Å². The molecule has 1 rings (SSSR count). The van der Waals surface area contributed by atoms with Gasteiger partial charge < -0.3 is 4.74 Å². The summed E-state index contributed by atoms with van der Waals surface area (Å²) in [6.07, 6.45) is -0.196. The maximum Gasteiger partial charge on any atom is 0.191 e. The van der Waals surface area contributed by atoms with Crippen LogP contribution in [0.1, 0.15) is 20.8 Å². The standard InChI is InChI=1S/C11H14N2O2/c1-6-7(2)15-8(3)10(6)11(14)9(4-12)5-13/h6-10H,1-3H3. The van der Waals surface area contributed by atoms with E-state index in [4.69, 9.17) is 15.3 Å². The minimum absolute atomic E-state index is 0.00647. The summed E-state index contributed by atoms with van der Waals surface area (Å²) in [7, 11) is 0. The number of hydrogen-bond acceptors (Lipinski definition) is 4. The second-order valence-corrected chi connectivity index (χ2v) is 4.02. The normalized spacial score (nSPS) is 34.8. The minimum Gasteiger partial charge on any atom is -0.375 e. The number of carbonyl (C=O) groups excluding carboxylic acids is 1. The Hall–Kier alpha value is -1.39.